The fourth-order valence-electron chi connectivity index (χ4n) is 2.38. The van der Waals surface area contributed by atoms with E-state index in [0.717, 1.165) is 24.7 Å². The van der Waals surface area contributed by atoms with Crippen LogP contribution in [0.1, 0.15) is 24.9 Å². The van der Waals surface area contributed by atoms with Crippen LogP contribution in [-0.4, -0.2) is 27.9 Å². The molecule has 0 amide bonds. The minimum Gasteiger partial charge on any atom is -0.494 e. The molecule has 1 unspecified atom stereocenters. The van der Waals surface area contributed by atoms with Crippen LogP contribution in [0.2, 0.25) is 0 Å². The second-order valence-electron chi connectivity index (χ2n) is 4.47. The number of rotatable bonds is 3. The number of hydrogen-bond donors (Lipinski definition) is 2. The van der Waals surface area contributed by atoms with E-state index in [1.165, 1.54) is 5.56 Å². The lowest BCUT2D eigenvalue weighted by Gasteiger charge is -2.24. The smallest absolute Gasteiger partial charge is 0.241 e. The number of ether oxygens (including phenoxy) is 1. The molecular weight excluding hydrogens is 242 g/mol. The Kier molecular flexibility index (Phi) is 2.98. The molecule has 0 spiro atoms. The summed E-state index contributed by atoms with van der Waals surface area (Å²) in [5.41, 5.74) is 6.85. The Labute approximate surface area is 111 Å². The number of nitrogens with one attached hydrogen (secondary N) is 1. The fraction of sp³-hybridized carbons (Fsp3) is 0.385. The first kappa shape index (κ1) is 11.8. The number of aromatic nitrogens is 3. The van der Waals surface area contributed by atoms with Gasteiger partial charge in [0, 0.05) is 6.54 Å². The summed E-state index contributed by atoms with van der Waals surface area (Å²) in [7, 11) is 0. The third-order valence-electron chi connectivity index (χ3n) is 3.22. The topological polar surface area (TPSA) is 78.0 Å². The Morgan fingerprint density at radius 2 is 2.21 bits per heavy atom. The van der Waals surface area contributed by atoms with E-state index >= 15 is 0 Å². The first-order valence-corrected chi connectivity index (χ1v) is 6.46. The van der Waals surface area contributed by atoms with Crippen molar-refractivity contribution in [1.82, 2.24) is 14.8 Å². The van der Waals surface area contributed by atoms with Crippen LogP contribution >= 0.6 is 0 Å². The lowest BCUT2D eigenvalue weighted by molar-refractivity contribution is 0.340. The maximum absolute atomic E-state index is 5.66. The molecule has 1 atom stereocenters. The average Bonchev–Trinajstić information content (AvgIpc) is 2.80. The number of fused-ring (bicyclic) bond motifs is 1. The predicted octanol–water partition coefficient (Wildman–Crippen LogP) is 1.66. The number of nitrogens with zero attached hydrogens (tertiary/aromatic N) is 3. The van der Waals surface area contributed by atoms with E-state index < -0.39 is 0 Å². The molecule has 0 saturated heterocycles. The molecule has 0 saturated carbocycles. The molecule has 3 rings (SSSR count). The standard InChI is InChI=1S/C13H17N5O/c1-2-19-10-5-3-9(4-6-10)11-7-8-15-13-16-12(14)17-18(11)13/h3-6,11H,2,7-8H2,1H3,(H3,14,15,16,17). The third-order valence-corrected chi connectivity index (χ3v) is 3.22. The van der Waals surface area contributed by atoms with Crippen LogP contribution in [0.5, 0.6) is 5.75 Å². The third kappa shape index (κ3) is 2.21. The molecule has 0 aliphatic carbocycles. The second-order valence-corrected chi connectivity index (χ2v) is 4.47. The van der Waals surface area contributed by atoms with E-state index in [1.807, 2.05) is 23.7 Å². The highest BCUT2D eigenvalue weighted by Gasteiger charge is 2.23. The molecule has 2 aromatic rings. The molecule has 1 aromatic carbocycles. The van der Waals surface area contributed by atoms with Gasteiger partial charge in [-0.1, -0.05) is 12.1 Å². The van der Waals surface area contributed by atoms with Crippen molar-refractivity contribution in [2.75, 3.05) is 24.2 Å². The molecule has 19 heavy (non-hydrogen) atoms. The van der Waals surface area contributed by atoms with E-state index in [4.69, 9.17) is 10.5 Å². The zero-order valence-corrected chi connectivity index (χ0v) is 10.8. The first-order valence-electron chi connectivity index (χ1n) is 6.46. The van der Waals surface area contributed by atoms with E-state index in [-0.39, 0.29) is 6.04 Å². The van der Waals surface area contributed by atoms with Gasteiger partial charge in [-0.25, -0.2) is 4.68 Å². The molecule has 2 heterocycles. The molecule has 1 aliphatic heterocycles. The average molecular weight is 259 g/mol. The van der Waals surface area contributed by atoms with Crippen molar-refractivity contribution >= 4 is 11.9 Å². The molecule has 3 N–H and O–H groups in total. The van der Waals surface area contributed by atoms with Gasteiger partial charge in [0.1, 0.15) is 5.75 Å². The van der Waals surface area contributed by atoms with Gasteiger partial charge < -0.3 is 15.8 Å². The summed E-state index contributed by atoms with van der Waals surface area (Å²) in [6.45, 7) is 3.53. The highest BCUT2D eigenvalue weighted by Crippen LogP contribution is 2.29. The van der Waals surface area contributed by atoms with Gasteiger partial charge in [0.15, 0.2) is 0 Å². The van der Waals surface area contributed by atoms with Gasteiger partial charge in [-0.2, -0.15) is 4.98 Å². The second kappa shape index (κ2) is 4.79. The van der Waals surface area contributed by atoms with Crippen LogP contribution in [0, 0.1) is 0 Å². The van der Waals surface area contributed by atoms with Crippen molar-refractivity contribution in [1.29, 1.82) is 0 Å². The Hall–Kier alpha value is -2.24. The van der Waals surface area contributed by atoms with Crippen molar-refractivity contribution in [3.05, 3.63) is 29.8 Å². The minimum absolute atomic E-state index is 0.178. The van der Waals surface area contributed by atoms with Gasteiger partial charge >= 0.3 is 0 Å². The van der Waals surface area contributed by atoms with Crippen molar-refractivity contribution in [3.8, 4) is 5.75 Å². The van der Waals surface area contributed by atoms with Gasteiger partial charge in [-0.05, 0) is 31.0 Å². The Morgan fingerprint density at radius 3 is 2.95 bits per heavy atom. The highest BCUT2D eigenvalue weighted by molar-refractivity contribution is 5.38. The Bertz CT molecular complexity index is 563. The van der Waals surface area contributed by atoms with Gasteiger partial charge in [0.05, 0.1) is 12.6 Å². The maximum atomic E-state index is 5.66. The summed E-state index contributed by atoms with van der Waals surface area (Å²) >= 11 is 0. The number of hydrogen-bond acceptors (Lipinski definition) is 5. The normalized spacial score (nSPS) is 17.6. The number of nitrogens with two attached hydrogens (primary N) is 1. The molecule has 0 bridgehead atoms. The molecule has 6 nitrogen and oxygen atoms in total. The Morgan fingerprint density at radius 1 is 1.42 bits per heavy atom. The predicted molar refractivity (Wildman–Crippen MR) is 73.3 cm³/mol. The lowest BCUT2D eigenvalue weighted by atomic mass is 10.0. The molecule has 0 fully saturated rings. The van der Waals surface area contributed by atoms with Crippen LogP contribution in [0.15, 0.2) is 24.3 Å². The molecule has 1 aromatic heterocycles. The molecule has 0 radical (unpaired) electrons. The monoisotopic (exact) mass is 259 g/mol. The van der Waals surface area contributed by atoms with E-state index in [0.29, 0.717) is 12.6 Å². The number of nitrogen functional groups attached to an aromatic ring is 1. The lowest BCUT2D eigenvalue weighted by Crippen LogP contribution is -2.24. The van der Waals surface area contributed by atoms with Gasteiger partial charge in [-0.3, -0.25) is 0 Å². The van der Waals surface area contributed by atoms with Crippen molar-refractivity contribution in [3.63, 3.8) is 0 Å². The summed E-state index contributed by atoms with van der Waals surface area (Å²) in [6.07, 6.45) is 0.962. The van der Waals surface area contributed by atoms with Crippen molar-refractivity contribution in [2.45, 2.75) is 19.4 Å². The van der Waals surface area contributed by atoms with Crippen molar-refractivity contribution < 1.29 is 4.74 Å². The summed E-state index contributed by atoms with van der Waals surface area (Å²) in [5, 5.41) is 7.46. The van der Waals surface area contributed by atoms with Crippen LogP contribution in [-0.2, 0) is 0 Å². The largest absolute Gasteiger partial charge is 0.494 e. The summed E-state index contributed by atoms with van der Waals surface area (Å²) in [4.78, 5) is 4.17. The van der Waals surface area contributed by atoms with Crippen LogP contribution in [0.25, 0.3) is 0 Å². The summed E-state index contributed by atoms with van der Waals surface area (Å²) < 4.78 is 7.31. The fourth-order valence-corrected chi connectivity index (χ4v) is 2.38. The van der Waals surface area contributed by atoms with E-state index in [2.05, 4.69) is 27.5 Å². The first-order chi connectivity index (χ1) is 9.28. The maximum Gasteiger partial charge on any atom is 0.241 e. The quantitative estimate of drug-likeness (QED) is 0.876. The van der Waals surface area contributed by atoms with Crippen LogP contribution < -0.4 is 15.8 Å². The molecule has 100 valence electrons. The van der Waals surface area contributed by atoms with Gasteiger partial charge in [-0.15, -0.1) is 5.10 Å². The van der Waals surface area contributed by atoms with Gasteiger partial charge in [0.25, 0.3) is 0 Å². The van der Waals surface area contributed by atoms with E-state index in [1.54, 1.807) is 0 Å². The zero-order valence-electron chi connectivity index (χ0n) is 10.8. The molecule has 1 aliphatic rings. The SMILES string of the molecule is CCOc1ccc(C2CCNc3nc(N)nn32)cc1. The summed E-state index contributed by atoms with van der Waals surface area (Å²) in [5.74, 6) is 1.93. The summed E-state index contributed by atoms with van der Waals surface area (Å²) in [6, 6.07) is 8.30. The highest BCUT2D eigenvalue weighted by atomic mass is 16.5. The van der Waals surface area contributed by atoms with Crippen LogP contribution in [0.4, 0.5) is 11.9 Å². The van der Waals surface area contributed by atoms with Gasteiger partial charge in [0.2, 0.25) is 11.9 Å². The molecule has 6 heteroatoms. The van der Waals surface area contributed by atoms with Crippen LogP contribution in [0.3, 0.4) is 0 Å². The number of benzene rings is 1. The number of anilines is 2. The zero-order chi connectivity index (χ0) is 13.2. The minimum atomic E-state index is 0.178. The van der Waals surface area contributed by atoms with Crippen molar-refractivity contribution in [2.24, 2.45) is 0 Å². The molecular formula is C13H17N5O. The Balaban J connectivity index is 1.90. The van der Waals surface area contributed by atoms with E-state index in [9.17, 15) is 0 Å².